The van der Waals surface area contributed by atoms with Crippen molar-refractivity contribution in [3.8, 4) is 0 Å². The highest BCUT2D eigenvalue weighted by Crippen LogP contribution is 2.24. The van der Waals surface area contributed by atoms with Crippen molar-refractivity contribution >= 4 is 10.0 Å². The minimum atomic E-state index is -3.35. The van der Waals surface area contributed by atoms with Gasteiger partial charge in [-0.05, 0) is 31.9 Å². The van der Waals surface area contributed by atoms with Crippen molar-refractivity contribution in [2.24, 2.45) is 0 Å². The molecule has 0 aromatic heterocycles. The van der Waals surface area contributed by atoms with Gasteiger partial charge in [-0.25, -0.2) is 8.42 Å². The highest BCUT2D eigenvalue weighted by Gasteiger charge is 2.25. The summed E-state index contributed by atoms with van der Waals surface area (Å²) in [5, 5.41) is 0. The maximum Gasteiger partial charge on any atom is 0.243 e. The smallest absolute Gasteiger partial charge is 0.207 e. The Bertz CT molecular complexity index is 479. The van der Waals surface area contributed by atoms with Gasteiger partial charge in [0.1, 0.15) is 0 Å². The molecule has 0 amide bonds. The van der Waals surface area contributed by atoms with E-state index in [0.29, 0.717) is 18.0 Å². The lowest BCUT2D eigenvalue weighted by molar-refractivity contribution is 0.444. The predicted molar refractivity (Wildman–Crippen MR) is 70.8 cm³/mol. The Kier molecular flexibility index (Phi) is 4.33. The Balaban J connectivity index is 3.44. The second-order valence-electron chi connectivity index (χ2n) is 4.32. The van der Waals surface area contributed by atoms with Crippen molar-refractivity contribution in [3.63, 3.8) is 0 Å². The highest BCUT2D eigenvalue weighted by molar-refractivity contribution is 7.89. The minimum Gasteiger partial charge on any atom is -0.207 e. The van der Waals surface area contributed by atoms with E-state index in [1.165, 1.54) is 4.31 Å². The first-order valence-electron chi connectivity index (χ1n) is 5.92. The lowest BCUT2D eigenvalue weighted by Crippen LogP contribution is -2.31. The molecular formula is C13H21NO2S. The second kappa shape index (κ2) is 5.19. The van der Waals surface area contributed by atoms with Gasteiger partial charge in [-0.3, -0.25) is 0 Å². The molecule has 0 spiro atoms. The summed E-state index contributed by atoms with van der Waals surface area (Å²) in [5.74, 6) is 0. The molecule has 1 aromatic rings. The van der Waals surface area contributed by atoms with Gasteiger partial charge < -0.3 is 0 Å². The quantitative estimate of drug-likeness (QED) is 0.829. The molecule has 0 N–H and O–H groups in total. The summed E-state index contributed by atoms with van der Waals surface area (Å²) < 4.78 is 26.4. The average Bonchev–Trinajstić information content (AvgIpc) is 2.16. The Hall–Kier alpha value is -0.870. The Morgan fingerprint density at radius 1 is 1.00 bits per heavy atom. The van der Waals surface area contributed by atoms with Crippen molar-refractivity contribution in [1.82, 2.24) is 4.31 Å². The number of hydrogen-bond donors (Lipinski definition) is 0. The molecule has 0 fully saturated rings. The molecule has 4 heteroatoms. The summed E-state index contributed by atoms with van der Waals surface area (Å²) in [4.78, 5) is 0.465. The van der Waals surface area contributed by atoms with E-state index < -0.39 is 10.0 Å². The zero-order valence-electron chi connectivity index (χ0n) is 11.2. The van der Waals surface area contributed by atoms with E-state index in [4.69, 9.17) is 0 Å². The molecule has 0 saturated heterocycles. The normalized spacial score (nSPS) is 12.1. The van der Waals surface area contributed by atoms with Crippen LogP contribution in [0.2, 0.25) is 0 Å². The van der Waals surface area contributed by atoms with Crippen molar-refractivity contribution < 1.29 is 8.42 Å². The highest BCUT2D eigenvalue weighted by atomic mass is 32.2. The van der Waals surface area contributed by atoms with Crippen LogP contribution >= 0.6 is 0 Å². The van der Waals surface area contributed by atoms with Crippen LogP contribution in [0.5, 0.6) is 0 Å². The van der Waals surface area contributed by atoms with Crippen LogP contribution in [0.25, 0.3) is 0 Å². The monoisotopic (exact) mass is 255 g/mol. The van der Waals surface area contributed by atoms with Gasteiger partial charge in [0, 0.05) is 13.1 Å². The molecule has 0 bridgehead atoms. The largest absolute Gasteiger partial charge is 0.243 e. The van der Waals surface area contributed by atoms with E-state index in [2.05, 4.69) is 0 Å². The number of rotatable bonds is 4. The summed E-state index contributed by atoms with van der Waals surface area (Å²) in [6.45, 7) is 10.4. The summed E-state index contributed by atoms with van der Waals surface area (Å²) in [6, 6.07) is 3.84. The Morgan fingerprint density at radius 3 is 1.76 bits per heavy atom. The van der Waals surface area contributed by atoms with E-state index in [9.17, 15) is 8.42 Å². The topological polar surface area (TPSA) is 37.4 Å². The Morgan fingerprint density at radius 2 is 1.41 bits per heavy atom. The zero-order chi connectivity index (χ0) is 13.2. The first-order chi connectivity index (χ1) is 7.84. The molecule has 0 aliphatic carbocycles. The molecule has 0 aliphatic heterocycles. The fraction of sp³-hybridized carbons (Fsp3) is 0.538. The number of aryl methyl sites for hydroxylation is 3. The van der Waals surface area contributed by atoms with Crippen LogP contribution in [-0.2, 0) is 10.0 Å². The average molecular weight is 255 g/mol. The molecule has 3 nitrogen and oxygen atoms in total. The Labute approximate surface area is 105 Å². The summed E-state index contributed by atoms with van der Waals surface area (Å²) in [7, 11) is -3.35. The van der Waals surface area contributed by atoms with Crippen molar-refractivity contribution in [2.75, 3.05) is 13.1 Å². The van der Waals surface area contributed by atoms with Crippen molar-refractivity contribution in [2.45, 2.75) is 39.5 Å². The van der Waals surface area contributed by atoms with Gasteiger partial charge >= 0.3 is 0 Å². The summed E-state index contributed by atoms with van der Waals surface area (Å²) in [6.07, 6.45) is 0. The van der Waals surface area contributed by atoms with Crippen LogP contribution in [0.1, 0.15) is 30.5 Å². The van der Waals surface area contributed by atoms with E-state index >= 15 is 0 Å². The predicted octanol–water partition coefficient (Wildman–Crippen LogP) is 2.64. The van der Waals surface area contributed by atoms with Crippen LogP contribution in [0.15, 0.2) is 17.0 Å². The van der Waals surface area contributed by atoms with E-state index in [1.807, 2.05) is 46.8 Å². The van der Waals surface area contributed by atoms with Crippen LogP contribution in [0.4, 0.5) is 0 Å². The number of nitrogens with zero attached hydrogens (tertiary/aromatic N) is 1. The van der Waals surface area contributed by atoms with E-state index in [1.54, 1.807) is 0 Å². The number of hydrogen-bond acceptors (Lipinski definition) is 2. The van der Waals surface area contributed by atoms with Gasteiger partial charge in [0.2, 0.25) is 10.0 Å². The molecule has 17 heavy (non-hydrogen) atoms. The first kappa shape index (κ1) is 14.2. The molecule has 1 aromatic carbocycles. The van der Waals surface area contributed by atoms with Crippen LogP contribution in [0.3, 0.4) is 0 Å². The minimum absolute atomic E-state index is 0.465. The fourth-order valence-electron chi connectivity index (χ4n) is 2.27. The fourth-order valence-corrected chi connectivity index (χ4v) is 4.14. The van der Waals surface area contributed by atoms with Crippen LogP contribution in [-0.4, -0.2) is 25.8 Å². The maximum absolute atomic E-state index is 12.5. The molecule has 1 rings (SSSR count). The second-order valence-corrected chi connectivity index (χ2v) is 6.19. The van der Waals surface area contributed by atoms with Gasteiger partial charge in [0.25, 0.3) is 0 Å². The van der Waals surface area contributed by atoms with Gasteiger partial charge in [-0.15, -0.1) is 0 Å². The molecule has 96 valence electrons. The van der Waals surface area contributed by atoms with Gasteiger partial charge in [-0.1, -0.05) is 31.5 Å². The lowest BCUT2D eigenvalue weighted by atomic mass is 10.1. The lowest BCUT2D eigenvalue weighted by Gasteiger charge is -2.21. The van der Waals surface area contributed by atoms with E-state index in [0.717, 1.165) is 16.7 Å². The molecule has 0 aliphatic rings. The molecule has 0 radical (unpaired) electrons. The summed E-state index contributed by atoms with van der Waals surface area (Å²) in [5.41, 5.74) is 2.75. The SMILES string of the molecule is CCN(CC)S(=O)(=O)c1c(C)cc(C)cc1C. The first-order valence-corrected chi connectivity index (χ1v) is 7.36. The van der Waals surface area contributed by atoms with Crippen LogP contribution in [0, 0.1) is 20.8 Å². The summed E-state index contributed by atoms with van der Waals surface area (Å²) >= 11 is 0. The van der Waals surface area contributed by atoms with Crippen LogP contribution < -0.4 is 0 Å². The van der Waals surface area contributed by atoms with Gasteiger partial charge in [0.15, 0.2) is 0 Å². The number of benzene rings is 1. The van der Waals surface area contributed by atoms with E-state index in [-0.39, 0.29) is 0 Å². The molecule has 0 saturated carbocycles. The third kappa shape index (κ3) is 2.69. The molecule has 0 heterocycles. The standard InChI is InChI=1S/C13H21NO2S/c1-6-14(7-2)17(15,16)13-11(4)8-10(3)9-12(13)5/h8-9H,6-7H2,1-5H3. The van der Waals surface area contributed by atoms with Crippen molar-refractivity contribution in [3.05, 3.63) is 28.8 Å². The third-order valence-electron chi connectivity index (χ3n) is 2.91. The maximum atomic E-state index is 12.5. The van der Waals surface area contributed by atoms with Gasteiger partial charge in [-0.2, -0.15) is 4.31 Å². The third-order valence-corrected chi connectivity index (χ3v) is 5.26. The molecule has 0 unspecified atom stereocenters. The van der Waals surface area contributed by atoms with Gasteiger partial charge in [0.05, 0.1) is 4.90 Å². The molecule has 0 atom stereocenters. The number of sulfonamides is 1. The van der Waals surface area contributed by atoms with Crippen molar-refractivity contribution in [1.29, 1.82) is 0 Å². The molecular weight excluding hydrogens is 234 g/mol. The zero-order valence-corrected chi connectivity index (χ0v) is 12.1.